The summed E-state index contributed by atoms with van der Waals surface area (Å²) in [5.74, 6) is 1.18. The molecule has 2 rings (SSSR count). The minimum absolute atomic E-state index is 0.113. The summed E-state index contributed by atoms with van der Waals surface area (Å²) in [5, 5.41) is 0. The molecule has 0 aliphatic heterocycles. The summed E-state index contributed by atoms with van der Waals surface area (Å²) in [6.45, 7) is 0.113. The van der Waals surface area contributed by atoms with E-state index >= 15 is 0 Å². The fourth-order valence-corrected chi connectivity index (χ4v) is 2.08. The molecular formula is C17H19NO5. The van der Waals surface area contributed by atoms with E-state index < -0.39 is 0 Å². The first kappa shape index (κ1) is 16.6. The predicted molar refractivity (Wildman–Crippen MR) is 83.8 cm³/mol. The lowest BCUT2D eigenvalue weighted by Gasteiger charge is -2.14. The molecule has 23 heavy (non-hydrogen) atoms. The van der Waals surface area contributed by atoms with E-state index in [4.69, 9.17) is 18.9 Å². The summed E-state index contributed by atoms with van der Waals surface area (Å²) in [6, 6.07) is 8.89. The lowest BCUT2D eigenvalue weighted by atomic mass is 10.2. The highest BCUT2D eigenvalue weighted by atomic mass is 16.5. The first-order chi connectivity index (χ1) is 11.2. The summed E-state index contributed by atoms with van der Waals surface area (Å²) < 4.78 is 21.1. The minimum Gasteiger partial charge on any atom is -0.493 e. The zero-order valence-electron chi connectivity index (χ0n) is 13.4. The Hall–Kier alpha value is -2.76. The van der Waals surface area contributed by atoms with Gasteiger partial charge in [0.25, 0.3) is 0 Å². The van der Waals surface area contributed by atoms with E-state index in [2.05, 4.69) is 4.98 Å². The third-order valence-electron chi connectivity index (χ3n) is 3.18. The number of rotatable bonds is 7. The number of pyridine rings is 1. The van der Waals surface area contributed by atoms with Gasteiger partial charge in [-0.25, -0.2) is 0 Å². The number of hydrogen-bond acceptors (Lipinski definition) is 6. The van der Waals surface area contributed by atoms with Crippen LogP contribution in [0.2, 0.25) is 0 Å². The maximum absolute atomic E-state index is 11.9. The summed E-state index contributed by atoms with van der Waals surface area (Å²) in [4.78, 5) is 16.0. The van der Waals surface area contributed by atoms with Crippen molar-refractivity contribution in [2.24, 2.45) is 0 Å². The highest BCUT2D eigenvalue weighted by Crippen LogP contribution is 2.38. The van der Waals surface area contributed by atoms with Crippen molar-refractivity contribution in [2.45, 2.75) is 13.0 Å². The third kappa shape index (κ3) is 4.35. The highest BCUT2D eigenvalue weighted by molar-refractivity contribution is 5.72. The van der Waals surface area contributed by atoms with Gasteiger partial charge in [0.15, 0.2) is 11.5 Å². The Morgan fingerprint density at radius 3 is 2.26 bits per heavy atom. The molecule has 0 bridgehead atoms. The molecule has 0 aliphatic carbocycles. The Kier molecular flexibility index (Phi) is 5.80. The molecular weight excluding hydrogens is 298 g/mol. The van der Waals surface area contributed by atoms with Gasteiger partial charge >= 0.3 is 5.97 Å². The van der Waals surface area contributed by atoms with Gasteiger partial charge < -0.3 is 18.9 Å². The zero-order valence-corrected chi connectivity index (χ0v) is 13.4. The van der Waals surface area contributed by atoms with Gasteiger partial charge in [0.05, 0.1) is 33.4 Å². The lowest BCUT2D eigenvalue weighted by molar-refractivity contribution is -0.144. The Bertz CT molecular complexity index is 632. The number of hydrogen-bond donors (Lipinski definition) is 0. The van der Waals surface area contributed by atoms with Crippen molar-refractivity contribution in [1.82, 2.24) is 4.98 Å². The van der Waals surface area contributed by atoms with Crippen molar-refractivity contribution in [3.63, 3.8) is 0 Å². The molecule has 0 unspecified atom stereocenters. The molecule has 1 aromatic heterocycles. The van der Waals surface area contributed by atoms with E-state index in [1.807, 2.05) is 6.07 Å². The van der Waals surface area contributed by atoms with Crippen LogP contribution in [0.4, 0.5) is 0 Å². The molecule has 0 N–H and O–H groups in total. The summed E-state index contributed by atoms with van der Waals surface area (Å²) in [7, 11) is 4.61. The van der Waals surface area contributed by atoms with Crippen LogP contribution in [0.25, 0.3) is 0 Å². The molecule has 0 amide bonds. The van der Waals surface area contributed by atoms with Crippen molar-refractivity contribution in [3.8, 4) is 17.2 Å². The van der Waals surface area contributed by atoms with E-state index in [1.54, 1.807) is 30.5 Å². The van der Waals surface area contributed by atoms with Crippen LogP contribution in [0.3, 0.4) is 0 Å². The largest absolute Gasteiger partial charge is 0.493 e. The fourth-order valence-electron chi connectivity index (χ4n) is 2.08. The second-order valence-corrected chi connectivity index (χ2v) is 4.69. The van der Waals surface area contributed by atoms with Gasteiger partial charge in [0.2, 0.25) is 5.75 Å². The number of nitrogens with zero attached hydrogens (tertiary/aromatic N) is 1. The Balaban J connectivity index is 2.04. The van der Waals surface area contributed by atoms with Gasteiger partial charge in [-0.05, 0) is 29.8 Å². The number of ether oxygens (including phenoxy) is 4. The van der Waals surface area contributed by atoms with Crippen LogP contribution in [0, 0.1) is 0 Å². The predicted octanol–water partition coefficient (Wildman–Crippen LogP) is 2.39. The molecule has 0 radical (unpaired) electrons. The van der Waals surface area contributed by atoms with Crippen LogP contribution in [-0.4, -0.2) is 32.3 Å². The highest BCUT2D eigenvalue weighted by Gasteiger charge is 2.14. The number of carbonyl (C=O) groups excluding carboxylic acids is 1. The van der Waals surface area contributed by atoms with Crippen molar-refractivity contribution in [3.05, 3.63) is 47.8 Å². The third-order valence-corrected chi connectivity index (χ3v) is 3.18. The van der Waals surface area contributed by atoms with Gasteiger partial charge in [-0.2, -0.15) is 0 Å². The Morgan fingerprint density at radius 1 is 1.04 bits per heavy atom. The number of aromatic nitrogens is 1. The zero-order chi connectivity index (χ0) is 16.7. The average Bonchev–Trinajstić information content (AvgIpc) is 2.59. The molecule has 0 saturated carbocycles. The topological polar surface area (TPSA) is 66.9 Å². The normalized spacial score (nSPS) is 10.0. The first-order valence-electron chi connectivity index (χ1n) is 7.02. The van der Waals surface area contributed by atoms with Crippen LogP contribution in [-0.2, 0) is 22.6 Å². The SMILES string of the molecule is COc1cc(COC(=O)Cc2ccccn2)cc(OC)c1OC. The van der Waals surface area contributed by atoms with Crippen LogP contribution in [0.15, 0.2) is 36.5 Å². The Labute approximate surface area is 135 Å². The molecule has 122 valence electrons. The molecule has 1 heterocycles. The van der Waals surface area contributed by atoms with Crippen molar-refractivity contribution < 1.29 is 23.7 Å². The van der Waals surface area contributed by atoms with Crippen LogP contribution >= 0.6 is 0 Å². The maximum Gasteiger partial charge on any atom is 0.312 e. The van der Waals surface area contributed by atoms with Crippen molar-refractivity contribution >= 4 is 5.97 Å². The monoisotopic (exact) mass is 317 g/mol. The molecule has 6 nitrogen and oxygen atoms in total. The quantitative estimate of drug-likeness (QED) is 0.731. The maximum atomic E-state index is 11.9. The second kappa shape index (κ2) is 8.03. The van der Waals surface area contributed by atoms with Crippen molar-refractivity contribution in [2.75, 3.05) is 21.3 Å². The molecule has 0 saturated heterocycles. The Morgan fingerprint density at radius 2 is 1.74 bits per heavy atom. The minimum atomic E-state index is -0.350. The van der Waals surface area contributed by atoms with E-state index in [0.29, 0.717) is 22.9 Å². The van der Waals surface area contributed by atoms with E-state index in [0.717, 1.165) is 5.56 Å². The number of esters is 1. The molecule has 1 aromatic carbocycles. The summed E-state index contributed by atoms with van der Waals surface area (Å²) >= 11 is 0. The summed E-state index contributed by atoms with van der Waals surface area (Å²) in [5.41, 5.74) is 1.41. The molecule has 0 atom stereocenters. The smallest absolute Gasteiger partial charge is 0.312 e. The second-order valence-electron chi connectivity index (χ2n) is 4.69. The van der Waals surface area contributed by atoms with Gasteiger partial charge in [-0.15, -0.1) is 0 Å². The number of carbonyl (C=O) groups is 1. The molecule has 0 aliphatic rings. The van der Waals surface area contributed by atoms with Crippen molar-refractivity contribution in [1.29, 1.82) is 0 Å². The van der Waals surface area contributed by atoms with Gasteiger partial charge in [-0.3, -0.25) is 9.78 Å². The molecule has 2 aromatic rings. The van der Waals surface area contributed by atoms with E-state index in [1.165, 1.54) is 21.3 Å². The summed E-state index contributed by atoms with van der Waals surface area (Å²) in [6.07, 6.45) is 1.77. The lowest BCUT2D eigenvalue weighted by Crippen LogP contribution is -2.09. The molecule has 0 fully saturated rings. The molecule has 0 spiro atoms. The first-order valence-corrected chi connectivity index (χ1v) is 7.02. The standard InChI is InChI=1S/C17H19NO5/c1-20-14-8-12(9-15(21-2)17(14)22-3)11-23-16(19)10-13-6-4-5-7-18-13/h4-9H,10-11H2,1-3H3. The van der Waals surface area contributed by atoms with E-state index in [-0.39, 0.29) is 19.0 Å². The van der Waals surface area contributed by atoms with Crippen LogP contribution in [0.5, 0.6) is 17.2 Å². The number of benzene rings is 1. The van der Waals surface area contributed by atoms with Gasteiger partial charge in [0, 0.05) is 6.20 Å². The van der Waals surface area contributed by atoms with Gasteiger partial charge in [-0.1, -0.05) is 6.07 Å². The number of methoxy groups -OCH3 is 3. The van der Waals surface area contributed by atoms with Crippen LogP contribution < -0.4 is 14.2 Å². The van der Waals surface area contributed by atoms with Crippen LogP contribution in [0.1, 0.15) is 11.3 Å². The van der Waals surface area contributed by atoms with E-state index in [9.17, 15) is 4.79 Å². The van der Waals surface area contributed by atoms with Gasteiger partial charge in [0.1, 0.15) is 6.61 Å². The molecule has 6 heteroatoms. The fraction of sp³-hybridized carbons (Fsp3) is 0.294. The average molecular weight is 317 g/mol.